The fraction of sp³-hybridized carbons (Fsp3) is 0.0455. The van der Waals surface area contributed by atoms with Crippen LogP contribution >= 0.6 is 0 Å². The summed E-state index contributed by atoms with van der Waals surface area (Å²) in [6.45, 7) is 0.565. The minimum absolute atomic E-state index is 0.0785. The van der Waals surface area contributed by atoms with E-state index in [2.05, 4.69) is 26.1 Å². The number of aromatic nitrogens is 2. The van der Waals surface area contributed by atoms with Crippen LogP contribution in [0.15, 0.2) is 78.2 Å². The Morgan fingerprint density at radius 1 is 1.17 bits per heavy atom. The molecule has 0 atom stereocenters. The van der Waals surface area contributed by atoms with E-state index in [1.165, 1.54) is 18.3 Å². The van der Waals surface area contributed by atoms with Gasteiger partial charge >= 0.3 is 0 Å². The Morgan fingerprint density at radius 2 is 1.97 bits per heavy atom. The predicted molar refractivity (Wildman–Crippen MR) is 114 cm³/mol. The molecular formula is C22H16N6O2. The highest BCUT2D eigenvalue weighted by molar-refractivity contribution is 5.99. The van der Waals surface area contributed by atoms with Gasteiger partial charge in [0.15, 0.2) is 0 Å². The minimum atomic E-state index is -0.501. The van der Waals surface area contributed by atoms with Gasteiger partial charge in [-0.2, -0.15) is 10.4 Å². The van der Waals surface area contributed by atoms with E-state index in [9.17, 15) is 15.4 Å². The molecule has 4 rings (SSSR count). The fourth-order valence-electron chi connectivity index (χ4n) is 3.19. The van der Waals surface area contributed by atoms with Gasteiger partial charge in [0.2, 0.25) is 0 Å². The van der Waals surface area contributed by atoms with Gasteiger partial charge in [-0.1, -0.05) is 36.4 Å². The first-order valence-corrected chi connectivity index (χ1v) is 9.11. The van der Waals surface area contributed by atoms with Crippen LogP contribution < -0.4 is 5.43 Å². The molecule has 1 N–H and O–H groups in total. The molecule has 2 heterocycles. The van der Waals surface area contributed by atoms with Gasteiger partial charge in [0, 0.05) is 35.3 Å². The summed E-state index contributed by atoms with van der Waals surface area (Å²) < 4.78 is 2.08. The quantitative estimate of drug-likeness (QED) is 0.297. The number of hydrogen-bond donors (Lipinski definition) is 1. The Kier molecular flexibility index (Phi) is 5.17. The standard InChI is InChI=1S/C22H16N6O2/c23-11-16-5-1-2-6-17(16)14-27-15-18(20-7-3-4-8-21(20)27)12-25-26-22-10-9-19(13-24-22)28(29)30/h1-10,12-13,15H,14H2,(H,24,26)/b25-12-. The third-order valence-corrected chi connectivity index (χ3v) is 4.64. The molecule has 8 nitrogen and oxygen atoms in total. The Hall–Kier alpha value is -4.51. The average molecular weight is 396 g/mol. The van der Waals surface area contributed by atoms with Crippen LogP contribution in [-0.2, 0) is 6.54 Å². The summed E-state index contributed by atoms with van der Waals surface area (Å²) in [5, 5.41) is 25.3. The molecule has 0 amide bonds. The number of fused-ring (bicyclic) bond motifs is 1. The smallest absolute Gasteiger partial charge is 0.287 e. The van der Waals surface area contributed by atoms with Crippen molar-refractivity contribution in [1.29, 1.82) is 5.26 Å². The van der Waals surface area contributed by atoms with E-state index in [-0.39, 0.29) is 5.69 Å². The molecular weight excluding hydrogens is 380 g/mol. The Labute approximate surface area is 171 Å². The first kappa shape index (κ1) is 18.8. The molecule has 0 aliphatic carbocycles. The van der Waals surface area contributed by atoms with E-state index in [1.54, 1.807) is 6.21 Å². The zero-order chi connectivity index (χ0) is 20.9. The lowest BCUT2D eigenvalue weighted by Gasteiger charge is -2.07. The van der Waals surface area contributed by atoms with E-state index in [0.717, 1.165) is 22.0 Å². The summed E-state index contributed by atoms with van der Waals surface area (Å²) in [7, 11) is 0. The highest BCUT2D eigenvalue weighted by Crippen LogP contribution is 2.22. The molecule has 0 aliphatic rings. The van der Waals surface area contributed by atoms with Crippen molar-refractivity contribution in [2.45, 2.75) is 6.54 Å². The summed E-state index contributed by atoms with van der Waals surface area (Å²) in [6.07, 6.45) is 4.84. The molecule has 30 heavy (non-hydrogen) atoms. The van der Waals surface area contributed by atoms with Crippen molar-refractivity contribution < 1.29 is 4.92 Å². The van der Waals surface area contributed by atoms with Crippen LogP contribution in [0.3, 0.4) is 0 Å². The van der Waals surface area contributed by atoms with Gasteiger partial charge in [0.25, 0.3) is 5.69 Å². The number of nitrogens with zero attached hydrogens (tertiary/aromatic N) is 5. The van der Waals surface area contributed by atoms with Crippen LogP contribution in [0.1, 0.15) is 16.7 Å². The van der Waals surface area contributed by atoms with Crippen molar-refractivity contribution in [3.05, 3.63) is 99.9 Å². The van der Waals surface area contributed by atoms with Gasteiger partial charge in [-0.3, -0.25) is 15.5 Å². The average Bonchev–Trinajstić information content (AvgIpc) is 3.12. The molecule has 0 unspecified atom stereocenters. The molecule has 0 fully saturated rings. The summed E-state index contributed by atoms with van der Waals surface area (Å²) in [4.78, 5) is 14.2. The molecule has 4 aromatic rings. The number of benzene rings is 2. The monoisotopic (exact) mass is 396 g/mol. The zero-order valence-electron chi connectivity index (χ0n) is 15.8. The van der Waals surface area contributed by atoms with Crippen LogP contribution in [0.5, 0.6) is 0 Å². The normalized spacial score (nSPS) is 10.9. The number of hydrazone groups is 1. The van der Waals surface area contributed by atoms with Crippen molar-refractivity contribution in [1.82, 2.24) is 9.55 Å². The van der Waals surface area contributed by atoms with Gasteiger partial charge in [-0.25, -0.2) is 4.98 Å². The zero-order valence-corrected chi connectivity index (χ0v) is 15.8. The van der Waals surface area contributed by atoms with Crippen LogP contribution in [0.4, 0.5) is 11.5 Å². The number of rotatable bonds is 6. The molecule has 0 radical (unpaired) electrons. The number of para-hydroxylation sites is 1. The van der Waals surface area contributed by atoms with Crippen LogP contribution in [0.25, 0.3) is 10.9 Å². The third kappa shape index (κ3) is 3.86. The Morgan fingerprint density at radius 3 is 2.73 bits per heavy atom. The maximum absolute atomic E-state index is 10.7. The summed E-state index contributed by atoms with van der Waals surface area (Å²) in [5.74, 6) is 0.406. The lowest BCUT2D eigenvalue weighted by atomic mass is 10.1. The topological polar surface area (TPSA) is 109 Å². The molecule has 0 bridgehead atoms. The van der Waals surface area contributed by atoms with Crippen LogP contribution in [0, 0.1) is 21.4 Å². The summed E-state index contributed by atoms with van der Waals surface area (Å²) >= 11 is 0. The van der Waals surface area contributed by atoms with Crippen molar-refractivity contribution in [3.8, 4) is 6.07 Å². The van der Waals surface area contributed by atoms with Crippen LogP contribution in [0.2, 0.25) is 0 Å². The Balaban J connectivity index is 1.59. The number of nitrogens with one attached hydrogen (secondary N) is 1. The van der Waals surface area contributed by atoms with E-state index >= 15 is 0 Å². The maximum Gasteiger partial charge on any atom is 0.287 e. The first-order chi connectivity index (χ1) is 14.7. The van der Waals surface area contributed by atoms with Gasteiger partial charge in [0.1, 0.15) is 12.0 Å². The lowest BCUT2D eigenvalue weighted by Crippen LogP contribution is -2.00. The van der Waals surface area contributed by atoms with Crippen molar-refractivity contribution in [2.24, 2.45) is 5.10 Å². The maximum atomic E-state index is 10.7. The molecule has 0 aliphatic heterocycles. The number of anilines is 1. The van der Waals surface area contributed by atoms with Crippen LogP contribution in [-0.4, -0.2) is 20.7 Å². The molecule has 2 aromatic carbocycles. The highest BCUT2D eigenvalue weighted by atomic mass is 16.6. The molecule has 2 aromatic heterocycles. The van der Waals surface area contributed by atoms with Gasteiger partial charge in [0.05, 0.1) is 22.8 Å². The molecule has 8 heteroatoms. The lowest BCUT2D eigenvalue weighted by molar-refractivity contribution is -0.385. The Bertz CT molecular complexity index is 1290. The van der Waals surface area contributed by atoms with Gasteiger partial charge in [-0.05, 0) is 23.8 Å². The van der Waals surface area contributed by atoms with E-state index in [4.69, 9.17) is 0 Å². The van der Waals surface area contributed by atoms with E-state index in [0.29, 0.717) is 17.9 Å². The summed E-state index contributed by atoms with van der Waals surface area (Å²) in [5.41, 5.74) is 6.22. The minimum Gasteiger partial charge on any atom is -0.342 e. The van der Waals surface area contributed by atoms with Crippen molar-refractivity contribution >= 4 is 28.6 Å². The SMILES string of the molecule is N#Cc1ccccc1Cn1cc(/C=N\Nc2ccc([N+](=O)[O-])cn2)c2ccccc21. The van der Waals surface area contributed by atoms with E-state index < -0.39 is 4.92 Å². The van der Waals surface area contributed by atoms with Crippen molar-refractivity contribution in [2.75, 3.05) is 5.43 Å². The second kappa shape index (κ2) is 8.24. The van der Waals surface area contributed by atoms with E-state index in [1.807, 2.05) is 54.7 Å². The molecule has 0 saturated carbocycles. The number of hydrogen-bond acceptors (Lipinski definition) is 6. The molecule has 0 saturated heterocycles. The number of nitriles is 1. The summed E-state index contributed by atoms with van der Waals surface area (Å²) in [6, 6.07) is 20.6. The second-order valence-corrected chi connectivity index (χ2v) is 6.53. The second-order valence-electron chi connectivity index (χ2n) is 6.53. The van der Waals surface area contributed by atoms with Gasteiger partial charge in [-0.15, -0.1) is 0 Å². The largest absolute Gasteiger partial charge is 0.342 e. The molecule has 146 valence electrons. The number of nitro groups is 1. The van der Waals surface area contributed by atoms with Crippen molar-refractivity contribution in [3.63, 3.8) is 0 Å². The first-order valence-electron chi connectivity index (χ1n) is 9.11. The highest BCUT2D eigenvalue weighted by Gasteiger charge is 2.09. The number of pyridine rings is 1. The fourth-order valence-corrected chi connectivity index (χ4v) is 3.19. The molecule has 0 spiro atoms. The van der Waals surface area contributed by atoms with Gasteiger partial charge < -0.3 is 4.57 Å². The third-order valence-electron chi connectivity index (χ3n) is 4.64. The predicted octanol–water partition coefficient (Wildman–Crippen LogP) is 4.31.